The first-order chi connectivity index (χ1) is 12.2. The number of amides is 1. The second-order valence-corrected chi connectivity index (χ2v) is 5.83. The van der Waals surface area contributed by atoms with Crippen LogP contribution in [0.4, 0.5) is 5.69 Å². The lowest BCUT2D eigenvalue weighted by Crippen LogP contribution is -2.32. The molecule has 3 rings (SSSR count). The molecule has 1 aliphatic rings. The van der Waals surface area contributed by atoms with Crippen LogP contribution in [-0.2, 0) is 11.2 Å². The van der Waals surface area contributed by atoms with Gasteiger partial charge in [0.05, 0.1) is 24.8 Å². The molecule has 1 heterocycles. The van der Waals surface area contributed by atoms with Crippen molar-refractivity contribution in [2.24, 2.45) is 5.92 Å². The van der Waals surface area contributed by atoms with Gasteiger partial charge >= 0.3 is 0 Å². The summed E-state index contributed by atoms with van der Waals surface area (Å²) in [6, 6.07) is 13.3. The second kappa shape index (κ2) is 7.92. The van der Waals surface area contributed by atoms with Crippen LogP contribution in [0.2, 0.25) is 0 Å². The van der Waals surface area contributed by atoms with E-state index in [1.807, 2.05) is 50.2 Å². The van der Waals surface area contributed by atoms with Crippen molar-refractivity contribution in [1.82, 2.24) is 0 Å². The second-order valence-electron chi connectivity index (χ2n) is 5.83. The molecule has 1 aliphatic heterocycles. The van der Waals surface area contributed by atoms with Crippen LogP contribution < -0.4 is 19.5 Å². The van der Waals surface area contributed by atoms with Crippen LogP contribution in [0.15, 0.2) is 42.5 Å². The quantitative estimate of drug-likeness (QED) is 0.871. The number of hydrogen-bond acceptors (Lipinski definition) is 4. The summed E-state index contributed by atoms with van der Waals surface area (Å²) in [5.41, 5.74) is 1.68. The predicted molar refractivity (Wildman–Crippen MR) is 96.5 cm³/mol. The molecular weight excluding hydrogens is 318 g/mol. The maximum absolute atomic E-state index is 12.7. The van der Waals surface area contributed by atoms with Gasteiger partial charge in [0.25, 0.3) is 0 Å². The van der Waals surface area contributed by atoms with Crippen LogP contribution in [-0.4, -0.2) is 25.7 Å². The van der Waals surface area contributed by atoms with Gasteiger partial charge in [0, 0.05) is 6.07 Å². The van der Waals surface area contributed by atoms with E-state index in [0.717, 1.165) is 11.3 Å². The fraction of sp³-hybridized carbons (Fsp3) is 0.350. The van der Waals surface area contributed by atoms with Crippen molar-refractivity contribution in [2.75, 3.05) is 25.1 Å². The lowest BCUT2D eigenvalue weighted by molar-refractivity contribution is -0.121. The molecule has 25 heavy (non-hydrogen) atoms. The molecule has 0 spiro atoms. The largest absolute Gasteiger partial charge is 0.494 e. The van der Waals surface area contributed by atoms with Crippen molar-refractivity contribution < 1.29 is 19.0 Å². The number of fused-ring (bicyclic) bond motifs is 1. The van der Waals surface area contributed by atoms with Crippen LogP contribution in [0.25, 0.3) is 0 Å². The maximum Gasteiger partial charge on any atom is 0.231 e. The lowest BCUT2D eigenvalue weighted by atomic mass is 9.96. The van der Waals surface area contributed by atoms with Gasteiger partial charge in [-0.1, -0.05) is 18.2 Å². The van der Waals surface area contributed by atoms with Crippen molar-refractivity contribution in [3.8, 4) is 17.2 Å². The molecule has 2 aromatic carbocycles. The van der Waals surface area contributed by atoms with Crippen LogP contribution in [0.5, 0.6) is 17.2 Å². The SMILES string of the molecule is CCOc1ccc(OCC)c(NC(=O)C2COc3ccccc3C2)c1. The summed E-state index contributed by atoms with van der Waals surface area (Å²) >= 11 is 0. The Kier molecular flexibility index (Phi) is 5.43. The Labute approximate surface area is 147 Å². The molecule has 1 amide bonds. The summed E-state index contributed by atoms with van der Waals surface area (Å²) in [6.45, 7) is 5.29. The van der Waals surface area contributed by atoms with E-state index in [0.29, 0.717) is 43.4 Å². The molecule has 0 saturated carbocycles. The van der Waals surface area contributed by atoms with Crippen molar-refractivity contribution in [3.05, 3.63) is 48.0 Å². The van der Waals surface area contributed by atoms with Gasteiger partial charge in [0.1, 0.15) is 23.9 Å². The monoisotopic (exact) mass is 341 g/mol. The third kappa shape index (κ3) is 4.05. The Balaban J connectivity index is 1.75. The van der Waals surface area contributed by atoms with Crippen LogP contribution in [0, 0.1) is 5.92 Å². The van der Waals surface area contributed by atoms with Crippen molar-refractivity contribution in [1.29, 1.82) is 0 Å². The highest BCUT2D eigenvalue weighted by Crippen LogP contribution is 2.31. The molecule has 1 N–H and O–H groups in total. The van der Waals surface area contributed by atoms with Gasteiger partial charge < -0.3 is 19.5 Å². The molecule has 0 fully saturated rings. The number of para-hydroxylation sites is 1. The molecular formula is C20H23NO4. The zero-order chi connectivity index (χ0) is 17.6. The third-order valence-electron chi connectivity index (χ3n) is 4.07. The Morgan fingerprint density at radius 3 is 2.76 bits per heavy atom. The van der Waals surface area contributed by atoms with Gasteiger partial charge in [0.2, 0.25) is 5.91 Å². The summed E-state index contributed by atoms with van der Waals surface area (Å²) in [4.78, 5) is 12.7. The number of nitrogens with one attached hydrogen (secondary N) is 1. The normalized spacial score (nSPS) is 15.7. The van der Waals surface area contributed by atoms with E-state index in [1.165, 1.54) is 0 Å². The van der Waals surface area contributed by atoms with Crippen molar-refractivity contribution in [3.63, 3.8) is 0 Å². The van der Waals surface area contributed by atoms with Gasteiger partial charge in [-0.05, 0) is 44.0 Å². The fourth-order valence-corrected chi connectivity index (χ4v) is 2.88. The molecule has 0 aliphatic carbocycles. The molecule has 0 bridgehead atoms. The topological polar surface area (TPSA) is 56.8 Å². The van der Waals surface area contributed by atoms with Crippen molar-refractivity contribution in [2.45, 2.75) is 20.3 Å². The molecule has 0 saturated heterocycles. The van der Waals surface area contributed by atoms with E-state index in [-0.39, 0.29) is 11.8 Å². The highest BCUT2D eigenvalue weighted by molar-refractivity contribution is 5.94. The minimum absolute atomic E-state index is 0.0795. The zero-order valence-electron chi connectivity index (χ0n) is 14.6. The van der Waals surface area contributed by atoms with E-state index >= 15 is 0 Å². The third-order valence-corrected chi connectivity index (χ3v) is 4.07. The first-order valence-corrected chi connectivity index (χ1v) is 8.62. The highest BCUT2D eigenvalue weighted by Gasteiger charge is 2.26. The minimum Gasteiger partial charge on any atom is -0.494 e. The maximum atomic E-state index is 12.7. The fourth-order valence-electron chi connectivity index (χ4n) is 2.88. The summed E-state index contributed by atoms with van der Waals surface area (Å²) in [5, 5.41) is 2.97. The van der Waals surface area contributed by atoms with Gasteiger partial charge in [0.15, 0.2) is 0 Å². The lowest BCUT2D eigenvalue weighted by Gasteiger charge is -2.25. The highest BCUT2D eigenvalue weighted by atomic mass is 16.5. The van der Waals surface area contributed by atoms with Crippen LogP contribution >= 0.6 is 0 Å². The van der Waals surface area contributed by atoms with Crippen molar-refractivity contribution >= 4 is 11.6 Å². The molecule has 5 heteroatoms. The van der Waals surface area contributed by atoms with E-state index in [2.05, 4.69) is 5.32 Å². The summed E-state index contributed by atoms with van der Waals surface area (Å²) < 4.78 is 16.9. The molecule has 2 aromatic rings. The number of carbonyl (C=O) groups is 1. The summed E-state index contributed by atoms with van der Waals surface area (Å²) in [5.74, 6) is 1.88. The Morgan fingerprint density at radius 1 is 1.16 bits per heavy atom. The number of anilines is 1. The van der Waals surface area contributed by atoms with Gasteiger partial charge in [-0.3, -0.25) is 4.79 Å². The molecule has 1 unspecified atom stereocenters. The summed E-state index contributed by atoms with van der Waals surface area (Å²) in [7, 11) is 0. The number of hydrogen-bond donors (Lipinski definition) is 1. The standard InChI is InChI=1S/C20H23NO4/c1-3-23-16-9-10-19(24-4-2)17(12-16)21-20(22)15-11-14-7-5-6-8-18(14)25-13-15/h5-10,12,15H,3-4,11,13H2,1-2H3,(H,21,22). The van der Waals surface area contributed by atoms with E-state index in [9.17, 15) is 4.79 Å². The van der Waals surface area contributed by atoms with Gasteiger partial charge in [-0.25, -0.2) is 0 Å². The number of ether oxygens (including phenoxy) is 3. The Bertz CT molecular complexity index is 744. The Morgan fingerprint density at radius 2 is 1.96 bits per heavy atom. The van der Waals surface area contributed by atoms with E-state index in [1.54, 1.807) is 6.07 Å². The first kappa shape index (κ1) is 17.1. The van der Waals surface area contributed by atoms with Gasteiger partial charge in [-0.15, -0.1) is 0 Å². The number of benzene rings is 2. The van der Waals surface area contributed by atoms with Crippen LogP contribution in [0.3, 0.4) is 0 Å². The average Bonchev–Trinajstić information content (AvgIpc) is 2.64. The minimum atomic E-state index is -0.236. The van der Waals surface area contributed by atoms with Crippen LogP contribution in [0.1, 0.15) is 19.4 Å². The summed E-state index contributed by atoms with van der Waals surface area (Å²) in [6.07, 6.45) is 0.664. The van der Waals surface area contributed by atoms with E-state index < -0.39 is 0 Å². The smallest absolute Gasteiger partial charge is 0.231 e. The number of rotatable bonds is 6. The molecule has 1 atom stereocenters. The number of carbonyl (C=O) groups excluding carboxylic acids is 1. The van der Waals surface area contributed by atoms with Gasteiger partial charge in [-0.2, -0.15) is 0 Å². The zero-order valence-corrected chi connectivity index (χ0v) is 14.6. The Hall–Kier alpha value is -2.69. The predicted octanol–water partition coefficient (Wildman–Crippen LogP) is 3.67. The molecule has 5 nitrogen and oxygen atoms in total. The average molecular weight is 341 g/mol. The molecule has 0 aromatic heterocycles. The first-order valence-electron chi connectivity index (χ1n) is 8.62. The molecule has 132 valence electrons. The molecule has 0 radical (unpaired) electrons. The van der Waals surface area contributed by atoms with E-state index in [4.69, 9.17) is 14.2 Å².